The van der Waals surface area contributed by atoms with Gasteiger partial charge in [0.25, 0.3) is 5.91 Å². The topological polar surface area (TPSA) is 75.7 Å². The second-order valence-electron chi connectivity index (χ2n) is 6.55. The normalized spacial score (nSPS) is 13.6. The first kappa shape index (κ1) is 18.3. The number of sulfonamides is 1. The van der Waals surface area contributed by atoms with Gasteiger partial charge < -0.3 is 10.1 Å². The van der Waals surface area contributed by atoms with E-state index in [0.717, 1.165) is 5.56 Å². The molecule has 1 heterocycles. The Kier molecular flexibility index (Phi) is 4.91. The van der Waals surface area contributed by atoms with E-state index in [4.69, 9.17) is 4.74 Å². The van der Waals surface area contributed by atoms with Gasteiger partial charge in [-0.15, -0.1) is 0 Å². The molecule has 1 N–H and O–H groups in total. The Morgan fingerprint density at radius 2 is 1.92 bits per heavy atom. The molecule has 138 valence electrons. The minimum Gasteiger partial charge on any atom is -0.489 e. The third kappa shape index (κ3) is 3.83. The number of anilines is 2. The molecule has 0 unspecified atom stereocenters. The molecule has 2 aromatic rings. The summed E-state index contributed by atoms with van der Waals surface area (Å²) in [5, 5.41) is 2.87. The van der Waals surface area contributed by atoms with Gasteiger partial charge in [0, 0.05) is 12.1 Å². The summed E-state index contributed by atoms with van der Waals surface area (Å²) in [7, 11) is -3.30. The van der Waals surface area contributed by atoms with Gasteiger partial charge in [0.05, 0.1) is 23.7 Å². The number of para-hydroxylation sites is 2. The zero-order chi connectivity index (χ0) is 18.9. The summed E-state index contributed by atoms with van der Waals surface area (Å²) in [4.78, 5) is 12.6. The van der Waals surface area contributed by atoms with Crippen LogP contribution in [0.4, 0.5) is 11.4 Å². The SMILES string of the molecule is CC(C)Oc1ccccc1NC(=O)c1ccc2c(c1)CCN2S(C)(=O)=O. The third-order valence-corrected chi connectivity index (χ3v) is 5.27. The number of carbonyl (C=O) groups is 1. The van der Waals surface area contributed by atoms with E-state index in [-0.39, 0.29) is 12.0 Å². The van der Waals surface area contributed by atoms with E-state index >= 15 is 0 Å². The molecule has 0 fully saturated rings. The summed E-state index contributed by atoms with van der Waals surface area (Å²) in [6.07, 6.45) is 1.78. The number of nitrogens with one attached hydrogen (secondary N) is 1. The third-order valence-electron chi connectivity index (χ3n) is 4.09. The Bertz CT molecular complexity index is 938. The summed E-state index contributed by atoms with van der Waals surface area (Å²) in [6.45, 7) is 4.25. The van der Waals surface area contributed by atoms with Gasteiger partial charge in [-0.1, -0.05) is 12.1 Å². The van der Waals surface area contributed by atoms with E-state index in [1.165, 1.54) is 10.6 Å². The number of hydrogen-bond donors (Lipinski definition) is 1. The number of carbonyl (C=O) groups excluding carboxylic acids is 1. The molecular formula is C19H22N2O4S. The lowest BCUT2D eigenvalue weighted by Gasteiger charge is -2.17. The van der Waals surface area contributed by atoms with Gasteiger partial charge in [-0.05, 0) is 56.2 Å². The highest BCUT2D eigenvalue weighted by molar-refractivity contribution is 7.92. The van der Waals surface area contributed by atoms with Gasteiger partial charge in [-0.2, -0.15) is 0 Å². The Balaban J connectivity index is 1.83. The van der Waals surface area contributed by atoms with Crippen LogP contribution in [-0.2, 0) is 16.4 Å². The Hall–Kier alpha value is -2.54. The Morgan fingerprint density at radius 3 is 2.62 bits per heavy atom. The van der Waals surface area contributed by atoms with Crippen LogP contribution in [0, 0.1) is 0 Å². The van der Waals surface area contributed by atoms with Crippen molar-refractivity contribution in [2.75, 3.05) is 22.4 Å². The summed E-state index contributed by atoms with van der Waals surface area (Å²) >= 11 is 0. The fourth-order valence-corrected chi connectivity index (χ4v) is 3.94. The number of amides is 1. The molecule has 1 amide bonds. The molecule has 0 aromatic heterocycles. The minimum atomic E-state index is -3.30. The molecule has 0 radical (unpaired) electrons. The van der Waals surface area contributed by atoms with Crippen LogP contribution in [0.25, 0.3) is 0 Å². The van der Waals surface area contributed by atoms with E-state index in [2.05, 4.69) is 5.32 Å². The fraction of sp³-hybridized carbons (Fsp3) is 0.316. The molecule has 6 nitrogen and oxygen atoms in total. The lowest BCUT2D eigenvalue weighted by molar-refractivity contribution is 0.102. The number of nitrogens with zero attached hydrogens (tertiary/aromatic N) is 1. The van der Waals surface area contributed by atoms with E-state index in [9.17, 15) is 13.2 Å². The minimum absolute atomic E-state index is 0.00461. The molecule has 1 aliphatic rings. The maximum absolute atomic E-state index is 12.6. The summed E-state index contributed by atoms with van der Waals surface area (Å²) < 4.78 is 30.7. The molecule has 2 aromatic carbocycles. The van der Waals surface area contributed by atoms with Crippen molar-refractivity contribution in [2.24, 2.45) is 0 Å². The van der Waals surface area contributed by atoms with Crippen LogP contribution in [0.5, 0.6) is 5.75 Å². The van der Waals surface area contributed by atoms with Crippen LogP contribution in [0.15, 0.2) is 42.5 Å². The van der Waals surface area contributed by atoms with Crippen LogP contribution in [0.3, 0.4) is 0 Å². The van der Waals surface area contributed by atoms with Gasteiger partial charge in [0.1, 0.15) is 5.75 Å². The lowest BCUT2D eigenvalue weighted by atomic mass is 10.1. The van der Waals surface area contributed by atoms with Gasteiger partial charge >= 0.3 is 0 Å². The summed E-state index contributed by atoms with van der Waals surface area (Å²) in [5.74, 6) is 0.352. The van der Waals surface area contributed by atoms with E-state index in [1.54, 1.807) is 24.3 Å². The number of benzene rings is 2. The Morgan fingerprint density at radius 1 is 1.19 bits per heavy atom. The zero-order valence-corrected chi connectivity index (χ0v) is 15.8. The highest BCUT2D eigenvalue weighted by atomic mass is 32.2. The number of rotatable bonds is 5. The first-order chi connectivity index (χ1) is 12.3. The molecule has 0 bridgehead atoms. The van der Waals surface area contributed by atoms with Crippen molar-refractivity contribution in [3.63, 3.8) is 0 Å². The molecule has 1 aliphatic heterocycles. The van der Waals surface area contributed by atoms with Crippen molar-refractivity contribution in [2.45, 2.75) is 26.4 Å². The largest absolute Gasteiger partial charge is 0.489 e. The smallest absolute Gasteiger partial charge is 0.255 e. The van der Waals surface area contributed by atoms with Crippen LogP contribution in [-0.4, -0.2) is 33.2 Å². The van der Waals surface area contributed by atoms with Gasteiger partial charge in [0.2, 0.25) is 10.0 Å². The van der Waals surface area contributed by atoms with Crippen molar-refractivity contribution in [1.82, 2.24) is 0 Å². The van der Waals surface area contributed by atoms with Crippen LogP contribution in [0.1, 0.15) is 29.8 Å². The van der Waals surface area contributed by atoms with Crippen molar-refractivity contribution < 1.29 is 17.9 Å². The lowest BCUT2D eigenvalue weighted by Crippen LogP contribution is -2.27. The second kappa shape index (κ2) is 6.99. The van der Waals surface area contributed by atoms with E-state index in [0.29, 0.717) is 35.7 Å². The molecule has 26 heavy (non-hydrogen) atoms. The molecule has 0 spiro atoms. The first-order valence-electron chi connectivity index (χ1n) is 8.43. The number of ether oxygens (including phenoxy) is 1. The van der Waals surface area contributed by atoms with Gasteiger partial charge in [-0.25, -0.2) is 8.42 Å². The number of fused-ring (bicyclic) bond motifs is 1. The average Bonchev–Trinajstić information content (AvgIpc) is 2.99. The number of hydrogen-bond acceptors (Lipinski definition) is 4. The van der Waals surface area contributed by atoms with Crippen LogP contribution in [0.2, 0.25) is 0 Å². The zero-order valence-electron chi connectivity index (χ0n) is 15.0. The average molecular weight is 374 g/mol. The second-order valence-corrected chi connectivity index (χ2v) is 8.45. The molecule has 0 atom stereocenters. The standard InChI is InChI=1S/C19H22N2O4S/c1-13(2)25-18-7-5-4-6-16(18)20-19(22)15-8-9-17-14(12-15)10-11-21(17)26(3,23)24/h4-9,12-13H,10-11H2,1-3H3,(H,20,22). The summed E-state index contributed by atoms with van der Waals surface area (Å²) in [6, 6.07) is 12.4. The van der Waals surface area contributed by atoms with Crippen LogP contribution < -0.4 is 14.4 Å². The summed E-state index contributed by atoms with van der Waals surface area (Å²) in [5.41, 5.74) is 2.59. The predicted molar refractivity (Wildman–Crippen MR) is 102 cm³/mol. The highest BCUT2D eigenvalue weighted by Crippen LogP contribution is 2.31. The monoisotopic (exact) mass is 374 g/mol. The first-order valence-corrected chi connectivity index (χ1v) is 10.3. The highest BCUT2D eigenvalue weighted by Gasteiger charge is 2.26. The van der Waals surface area contributed by atoms with E-state index in [1.807, 2.05) is 32.0 Å². The quantitative estimate of drug-likeness (QED) is 0.873. The molecular weight excluding hydrogens is 352 g/mol. The molecule has 0 saturated heterocycles. The van der Waals surface area contributed by atoms with Gasteiger partial charge in [-0.3, -0.25) is 9.10 Å². The molecule has 3 rings (SSSR count). The van der Waals surface area contributed by atoms with Crippen molar-refractivity contribution in [3.05, 3.63) is 53.6 Å². The maximum atomic E-state index is 12.6. The van der Waals surface area contributed by atoms with Crippen LogP contribution >= 0.6 is 0 Å². The van der Waals surface area contributed by atoms with Crippen molar-refractivity contribution in [1.29, 1.82) is 0 Å². The van der Waals surface area contributed by atoms with E-state index < -0.39 is 10.0 Å². The van der Waals surface area contributed by atoms with Gasteiger partial charge in [0.15, 0.2) is 0 Å². The Labute approximate surface area is 153 Å². The predicted octanol–water partition coefficient (Wildman–Crippen LogP) is 3.05. The molecule has 0 saturated carbocycles. The molecule has 0 aliphatic carbocycles. The molecule has 7 heteroatoms. The van der Waals surface area contributed by atoms with Crippen molar-refractivity contribution >= 4 is 27.3 Å². The maximum Gasteiger partial charge on any atom is 0.255 e. The van der Waals surface area contributed by atoms with Crippen molar-refractivity contribution in [3.8, 4) is 5.75 Å². The fourth-order valence-electron chi connectivity index (χ4n) is 2.98.